The Bertz CT molecular complexity index is 1890. The molecular weight excluding hydrogens is 551 g/mol. The molecule has 0 amide bonds. The zero-order valence-corrected chi connectivity index (χ0v) is 23.6. The summed E-state index contributed by atoms with van der Waals surface area (Å²) in [6, 6.07) is 22.0. The summed E-state index contributed by atoms with van der Waals surface area (Å²) in [6.07, 6.45) is 6.32. The predicted octanol–water partition coefficient (Wildman–Crippen LogP) is 5.34. The molecule has 3 heterocycles. The first kappa shape index (κ1) is 29.4. The Kier molecular flexibility index (Phi) is 8.52. The van der Waals surface area contributed by atoms with Crippen molar-refractivity contribution in [3.63, 3.8) is 0 Å². The van der Waals surface area contributed by atoms with Gasteiger partial charge in [-0.2, -0.15) is 0 Å². The van der Waals surface area contributed by atoms with Crippen molar-refractivity contribution in [1.82, 2.24) is 19.7 Å². The number of nitrogens with one attached hydrogen (secondary N) is 1. The van der Waals surface area contributed by atoms with Gasteiger partial charge in [-0.3, -0.25) is 18.9 Å². The molecule has 0 atom stereocenters. The van der Waals surface area contributed by atoms with Crippen LogP contribution in [-0.2, 0) is 19.3 Å². The van der Waals surface area contributed by atoms with Gasteiger partial charge in [0.15, 0.2) is 5.82 Å². The molecule has 7 rings (SSSR count). The SMILES string of the molecule is CCCCc1nc(C2CC2)n(-c2ccc3c(c2)CCO3)c(=O)c1Cc1ccc(-c2ccccc2-c2noc(=O)[nH]2)cc1.[NaH]. The van der Waals surface area contributed by atoms with Crippen LogP contribution in [0.5, 0.6) is 5.75 Å². The Labute approximate surface area is 271 Å². The van der Waals surface area contributed by atoms with E-state index in [2.05, 4.69) is 35.3 Å². The van der Waals surface area contributed by atoms with E-state index in [-0.39, 0.29) is 35.1 Å². The summed E-state index contributed by atoms with van der Waals surface area (Å²) in [5, 5.41) is 3.87. The number of hydrogen-bond donors (Lipinski definition) is 1. The molecule has 1 aliphatic carbocycles. The van der Waals surface area contributed by atoms with Gasteiger partial charge in [-0.1, -0.05) is 67.0 Å². The van der Waals surface area contributed by atoms with Gasteiger partial charge in [-0.15, -0.1) is 0 Å². The molecule has 0 spiro atoms. The molecule has 0 unspecified atom stereocenters. The van der Waals surface area contributed by atoms with Gasteiger partial charge in [0.05, 0.1) is 18.0 Å². The first-order chi connectivity index (χ1) is 20.6. The summed E-state index contributed by atoms with van der Waals surface area (Å²) < 4.78 is 12.3. The normalized spacial score (nSPS) is 13.8. The summed E-state index contributed by atoms with van der Waals surface area (Å²) in [4.78, 5) is 33.7. The number of unbranched alkanes of at least 4 members (excludes halogenated alkanes) is 1. The Hall–Kier alpha value is -3.72. The maximum absolute atomic E-state index is 14.3. The number of nitrogens with zero attached hydrogens (tertiary/aromatic N) is 3. The first-order valence-electron chi connectivity index (χ1n) is 14.7. The van der Waals surface area contributed by atoms with E-state index >= 15 is 0 Å². The number of H-pyrrole nitrogens is 1. The molecule has 1 fully saturated rings. The number of benzene rings is 3. The van der Waals surface area contributed by atoms with Crippen molar-refractivity contribution in [3.05, 3.63) is 116 Å². The van der Waals surface area contributed by atoms with Crippen molar-refractivity contribution in [2.45, 2.75) is 57.8 Å². The van der Waals surface area contributed by atoms with E-state index in [4.69, 9.17) is 14.2 Å². The number of ether oxygens (including phenoxy) is 1. The van der Waals surface area contributed by atoms with Gasteiger partial charge in [-0.05, 0) is 66.1 Å². The van der Waals surface area contributed by atoms with Crippen LogP contribution in [0.15, 0.2) is 80.8 Å². The molecule has 0 radical (unpaired) electrons. The number of hydrogen-bond acceptors (Lipinski definition) is 6. The second kappa shape index (κ2) is 12.5. The van der Waals surface area contributed by atoms with Crippen LogP contribution in [0.1, 0.15) is 66.7 Å². The van der Waals surface area contributed by atoms with Crippen molar-refractivity contribution in [2.24, 2.45) is 0 Å². The summed E-state index contributed by atoms with van der Waals surface area (Å²) in [5.74, 6) is 1.93. The van der Waals surface area contributed by atoms with Crippen LogP contribution in [-0.4, -0.2) is 55.9 Å². The van der Waals surface area contributed by atoms with Gasteiger partial charge >= 0.3 is 35.3 Å². The molecule has 214 valence electrons. The van der Waals surface area contributed by atoms with Gasteiger partial charge < -0.3 is 4.74 Å². The molecule has 2 aromatic heterocycles. The third kappa shape index (κ3) is 5.92. The monoisotopic (exact) mass is 584 g/mol. The van der Waals surface area contributed by atoms with E-state index in [1.165, 1.54) is 0 Å². The quantitative estimate of drug-likeness (QED) is 0.235. The molecule has 1 aliphatic heterocycles. The van der Waals surface area contributed by atoms with Gasteiger partial charge in [0.1, 0.15) is 11.6 Å². The van der Waals surface area contributed by atoms with Gasteiger partial charge in [-0.25, -0.2) is 9.78 Å². The molecule has 43 heavy (non-hydrogen) atoms. The van der Waals surface area contributed by atoms with E-state index < -0.39 is 5.76 Å². The van der Waals surface area contributed by atoms with Crippen LogP contribution in [0.2, 0.25) is 0 Å². The van der Waals surface area contributed by atoms with Gasteiger partial charge in [0.25, 0.3) is 5.56 Å². The van der Waals surface area contributed by atoms with Gasteiger partial charge in [0.2, 0.25) is 0 Å². The first-order valence-corrected chi connectivity index (χ1v) is 14.7. The number of rotatable bonds is 9. The van der Waals surface area contributed by atoms with E-state index in [9.17, 15) is 9.59 Å². The average Bonchev–Trinajstić information content (AvgIpc) is 3.60. The van der Waals surface area contributed by atoms with Crippen molar-refractivity contribution < 1.29 is 9.26 Å². The van der Waals surface area contributed by atoms with Crippen molar-refractivity contribution in [3.8, 4) is 34.0 Å². The van der Waals surface area contributed by atoms with Crippen molar-refractivity contribution in [2.75, 3.05) is 6.61 Å². The van der Waals surface area contributed by atoms with Crippen LogP contribution in [0.4, 0.5) is 0 Å². The molecule has 8 nitrogen and oxygen atoms in total. The van der Waals surface area contributed by atoms with Crippen LogP contribution in [0.25, 0.3) is 28.2 Å². The Balaban J connectivity index is 0.00000329. The second-order valence-corrected chi connectivity index (χ2v) is 11.2. The van der Waals surface area contributed by atoms with E-state index in [1.807, 2.05) is 53.1 Å². The molecular formula is C34H33N4NaO4. The fourth-order valence-electron chi connectivity index (χ4n) is 5.82. The van der Waals surface area contributed by atoms with E-state index in [0.717, 1.165) is 94.9 Å². The Morgan fingerprint density at radius 3 is 2.51 bits per heavy atom. The minimum atomic E-state index is -0.589. The second-order valence-electron chi connectivity index (χ2n) is 11.2. The molecule has 9 heteroatoms. The fourth-order valence-corrected chi connectivity index (χ4v) is 5.82. The topological polar surface area (TPSA) is 103 Å². The maximum atomic E-state index is 14.3. The summed E-state index contributed by atoms with van der Waals surface area (Å²) in [7, 11) is 0. The van der Waals surface area contributed by atoms with E-state index in [1.54, 1.807) is 0 Å². The summed E-state index contributed by atoms with van der Waals surface area (Å²) in [5.41, 5.74) is 7.45. The molecule has 1 saturated carbocycles. The zero-order valence-electron chi connectivity index (χ0n) is 23.6. The average molecular weight is 585 g/mol. The van der Waals surface area contributed by atoms with Crippen LogP contribution in [0.3, 0.4) is 0 Å². The molecule has 0 bridgehead atoms. The minimum absolute atomic E-state index is 0. The van der Waals surface area contributed by atoms with E-state index in [0.29, 0.717) is 24.8 Å². The van der Waals surface area contributed by atoms with Crippen molar-refractivity contribution in [1.29, 1.82) is 0 Å². The number of aryl methyl sites for hydroxylation is 1. The number of aromatic nitrogens is 4. The standard InChI is InChI=1S/C34H32N4O4.Na.H/c1-2-3-8-29-28(33(39)38(32(35-29)23-13-14-23)25-15-16-30-24(20-25)17-18-41-30)19-21-9-11-22(12-10-21)26-6-4-5-7-27(26)31-36-34(40)42-37-31;;/h4-7,9-12,15-16,20,23H,2-3,8,13-14,17-19H2,1H3,(H,36,37,40);;. The predicted molar refractivity (Wildman–Crippen MR) is 168 cm³/mol. The Morgan fingerprint density at radius 1 is 1.00 bits per heavy atom. The fraction of sp³-hybridized carbons (Fsp3) is 0.294. The summed E-state index contributed by atoms with van der Waals surface area (Å²) >= 11 is 0. The molecule has 1 N–H and O–H groups in total. The molecule has 2 aliphatic rings. The molecule has 3 aromatic carbocycles. The molecule has 0 saturated heterocycles. The van der Waals surface area contributed by atoms with Gasteiger partial charge in [0, 0.05) is 29.9 Å². The molecule has 5 aromatic rings. The third-order valence-electron chi connectivity index (χ3n) is 8.20. The Morgan fingerprint density at radius 2 is 1.79 bits per heavy atom. The third-order valence-corrected chi connectivity index (χ3v) is 8.20. The number of aromatic amines is 1. The van der Waals surface area contributed by atoms with Crippen LogP contribution >= 0.6 is 0 Å². The van der Waals surface area contributed by atoms with Crippen LogP contribution < -0.4 is 16.1 Å². The van der Waals surface area contributed by atoms with Crippen LogP contribution in [0, 0.1) is 0 Å². The number of fused-ring (bicyclic) bond motifs is 1. The summed E-state index contributed by atoms with van der Waals surface area (Å²) in [6.45, 7) is 2.85. The van der Waals surface area contributed by atoms with Crippen molar-refractivity contribution >= 4 is 29.6 Å². The zero-order chi connectivity index (χ0) is 28.6.